The summed E-state index contributed by atoms with van der Waals surface area (Å²) in [4.78, 5) is 33.5. The average molecular weight is 406 g/mol. The molecule has 0 bridgehead atoms. The van der Waals surface area contributed by atoms with E-state index in [0.717, 1.165) is 53.7 Å². The molecule has 7 heteroatoms. The van der Waals surface area contributed by atoms with Crippen LogP contribution in [-0.4, -0.2) is 25.7 Å². The Labute approximate surface area is 174 Å². The van der Waals surface area contributed by atoms with Crippen LogP contribution in [0, 0.1) is 6.92 Å². The molecule has 2 saturated carbocycles. The standard InChI is InChI=1S/C23H27N5O2/c1-12(2)28-21-18(11-25-28)16(9-20(26-21)15-6-7-15)22(29)24-10-17-13(3)8-19(14-4-5-14)27-23(17)30/h8-9,11-12,14-15H,4-7,10H2,1-3H3,(H,24,29)(H,27,30). The second-order valence-corrected chi connectivity index (χ2v) is 8.96. The zero-order chi connectivity index (χ0) is 21.0. The van der Waals surface area contributed by atoms with Crippen molar-refractivity contribution in [3.63, 3.8) is 0 Å². The third kappa shape index (κ3) is 3.42. The molecule has 0 spiro atoms. The van der Waals surface area contributed by atoms with Crippen LogP contribution in [0.1, 0.15) is 90.3 Å². The summed E-state index contributed by atoms with van der Waals surface area (Å²) in [6.45, 7) is 6.24. The van der Waals surface area contributed by atoms with Crippen LogP contribution in [-0.2, 0) is 6.54 Å². The lowest BCUT2D eigenvalue weighted by Gasteiger charge is -2.12. The number of hydrogen-bond donors (Lipinski definition) is 2. The molecule has 156 valence electrons. The number of nitrogens with zero attached hydrogens (tertiary/aromatic N) is 3. The second kappa shape index (κ2) is 7.07. The number of nitrogens with one attached hydrogen (secondary N) is 2. The normalized spacial score (nSPS) is 16.4. The number of hydrogen-bond acceptors (Lipinski definition) is 4. The van der Waals surface area contributed by atoms with E-state index >= 15 is 0 Å². The van der Waals surface area contributed by atoms with Gasteiger partial charge in [-0.25, -0.2) is 9.67 Å². The minimum atomic E-state index is -0.197. The molecule has 0 unspecified atom stereocenters. The van der Waals surface area contributed by atoms with Crippen LogP contribution in [0.5, 0.6) is 0 Å². The molecule has 2 aliphatic rings. The van der Waals surface area contributed by atoms with Crippen LogP contribution in [0.2, 0.25) is 0 Å². The summed E-state index contributed by atoms with van der Waals surface area (Å²) in [5, 5.41) is 8.16. The smallest absolute Gasteiger partial charge is 0.253 e. The Kier molecular flexibility index (Phi) is 4.49. The number of aryl methyl sites for hydroxylation is 1. The molecule has 0 radical (unpaired) electrons. The average Bonchev–Trinajstić information content (AvgIpc) is 3.62. The largest absolute Gasteiger partial charge is 0.348 e. The summed E-state index contributed by atoms with van der Waals surface area (Å²) in [5.74, 6) is 0.720. The highest BCUT2D eigenvalue weighted by Crippen LogP contribution is 2.40. The van der Waals surface area contributed by atoms with E-state index in [4.69, 9.17) is 4.98 Å². The first-order chi connectivity index (χ1) is 14.4. The molecule has 0 saturated heterocycles. The highest BCUT2D eigenvalue weighted by atomic mass is 16.1. The Morgan fingerprint density at radius 2 is 1.97 bits per heavy atom. The number of amides is 1. The molecular weight excluding hydrogens is 378 g/mol. The van der Waals surface area contributed by atoms with Crippen molar-refractivity contribution in [3.8, 4) is 0 Å². The monoisotopic (exact) mass is 405 g/mol. The van der Waals surface area contributed by atoms with Crippen molar-refractivity contribution in [2.75, 3.05) is 0 Å². The number of pyridine rings is 2. The number of carbonyl (C=O) groups is 1. The van der Waals surface area contributed by atoms with Gasteiger partial charge in [0.1, 0.15) is 0 Å². The first kappa shape index (κ1) is 19.0. The third-order valence-corrected chi connectivity index (χ3v) is 6.14. The van der Waals surface area contributed by atoms with E-state index in [9.17, 15) is 9.59 Å². The first-order valence-corrected chi connectivity index (χ1v) is 10.8. The number of aromatic nitrogens is 4. The fourth-order valence-corrected chi connectivity index (χ4v) is 4.03. The molecule has 3 heterocycles. The van der Waals surface area contributed by atoms with Crippen LogP contribution in [0.4, 0.5) is 0 Å². The van der Waals surface area contributed by atoms with Crippen LogP contribution < -0.4 is 10.9 Å². The molecule has 0 aromatic carbocycles. The number of carbonyl (C=O) groups excluding carboxylic acids is 1. The fraction of sp³-hybridized carbons (Fsp3) is 0.478. The number of fused-ring (bicyclic) bond motifs is 1. The second-order valence-electron chi connectivity index (χ2n) is 8.96. The van der Waals surface area contributed by atoms with Gasteiger partial charge < -0.3 is 10.3 Å². The molecule has 0 aliphatic heterocycles. The van der Waals surface area contributed by atoms with E-state index in [1.165, 1.54) is 0 Å². The zero-order valence-electron chi connectivity index (χ0n) is 17.7. The summed E-state index contributed by atoms with van der Waals surface area (Å²) in [5.41, 5.74) is 4.73. The fourth-order valence-electron chi connectivity index (χ4n) is 4.03. The topological polar surface area (TPSA) is 92.7 Å². The Morgan fingerprint density at radius 1 is 1.23 bits per heavy atom. The van der Waals surface area contributed by atoms with E-state index in [1.807, 2.05) is 23.7 Å². The van der Waals surface area contributed by atoms with Crippen LogP contribution in [0.25, 0.3) is 11.0 Å². The van der Waals surface area contributed by atoms with E-state index < -0.39 is 0 Å². The quantitative estimate of drug-likeness (QED) is 0.654. The van der Waals surface area contributed by atoms with Crippen molar-refractivity contribution in [1.82, 2.24) is 25.1 Å². The molecule has 0 atom stereocenters. The lowest BCUT2D eigenvalue weighted by atomic mass is 10.1. The van der Waals surface area contributed by atoms with Gasteiger partial charge in [-0.05, 0) is 70.1 Å². The van der Waals surface area contributed by atoms with Gasteiger partial charge in [0.2, 0.25) is 0 Å². The molecule has 3 aromatic heterocycles. The minimum absolute atomic E-state index is 0.108. The van der Waals surface area contributed by atoms with Gasteiger partial charge >= 0.3 is 0 Å². The summed E-state index contributed by atoms with van der Waals surface area (Å²) in [6.07, 6.45) is 6.21. The summed E-state index contributed by atoms with van der Waals surface area (Å²) >= 11 is 0. The SMILES string of the molecule is Cc1cc(C2CC2)[nH]c(=O)c1CNC(=O)c1cc(C2CC2)nc2c1cnn2C(C)C. The molecule has 2 aliphatic carbocycles. The molecule has 7 nitrogen and oxygen atoms in total. The minimum Gasteiger partial charge on any atom is -0.348 e. The molecule has 2 fully saturated rings. The van der Waals surface area contributed by atoms with E-state index in [1.54, 1.807) is 6.20 Å². The van der Waals surface area contributed by atoms with Crippen molar-refractivity contribution in [2.24, 2.45) is 0 Å². The Hall–Kier alpha value is -2.96. The molecule has 5 rings (SSSR count). The summed E-state index contributed by atoms with van der Waals surface area (Å²) in [7, 11) is 0. The van der Waals surface area contributed by atoms with Crippen LogP contribution in [0.3, 0.4) is 0 Å². The highest BCUT2D eigenvalue weighted by Gasteiger charge is 2.28. The van der Waals surface area contributed by atoms with Gasteiger partial charge in [-0.1, -0.05) is 0 Å². The maximum Gasteiger partial charge on any atom is 0.253 e. The van der Waals surface area contributed by atoms with Crippen molar-refractivity contribution in [1.29, 1.82) is 0 Å². The van der Waals surface area contributed by atoms with Crippen molar-refractivity contribution in [2.45, 2.75) is 70.9 Å². The molecule has 3 aromatic rings. The van der Waals surface area contributed by atoms with E-state index in [2.05, 4.69) is 29.2 Å². The Balaban J connectivity index is 1.44. The van der Waals surface area contributed by atoms with Crippen molar-refractivity contribution in [3.05, 3.63) is 56.8 Å². The molecular formula is C23H27N5O2. The summed E-state index contributed by atoms with van der Waals surface area (Å²) in [6, 6.07) is 4.10. The Bertz CT molecular complexity index is 1200. The maximum atomic E-state index is 13.1. The van der Waals surface area contributed by atoms with Crippen molar-refractivity contribution < 1.29 is 4.79 Å². The summed E-state index contributed by atoms with van der Waals surface area (Å²) < 4.78 is 1.86. The molecule has 2 N–H and O–H groups in total. The van der Waals surface area contributed by atoms with Gasteiger partial charge in [-0.2, -0.15) is 5.10 Å². The van der Waals surface area contributed by atoms with E-state index in [0.29, 0.717) is 23.0 Å². The van der Waals surface area contributed by atoms with Gasteiger partial charge in [0.05, 0.1) is 17.1 Å². The number of aromatic amines is 1. The maximum absolute atomic E-state index is 13.1. The highest BCUT2D eigenvalue weighted by molar-refractivity contribution is 6.05. The van der Waals surface area contributed by atoms with Gasteiger partial charge in [0, 0.05) is 35.5 Å². The Morgan fingerprint density at radius 3 is 2.60 bits per heavy atom. The lowest BCUT2D eigenvalue weighted by Crippen LogP contribution is -2.28. The van der Waals surface area contributed by atoms with Gasteiger partial charge in [0.25, 0.3) is 11.5 Å². The number of H-pyrrole nitrogens is 1. The predicted octanol–water partition coefficient (Wildman–Crippen LogP) is 3.69. The third-order valence-electron chi connectivity index (χ3n) is 6.14. The van der Waals surface area contributed by atoms with Gasteiger partial charge in [0.15, 0.2) is 5.65 Å². The van der Waals surface area contributed by atoms with Gasteiger partial charge in [-0.15, -0.1) is 0 Å². The van der Waals surface area contributed by atoms with Gasteiger partial charge in [-0.3, -0.25) is 9.59 Å². The number of rotatable bonds is 6. The van der Waals surface area contributed by atoms with Crippen LogP contribution in [0.15, 0.2) is 23.1 Å². The van der Waals surface area contributed by atoms with E-state index in [-0.39, 0.29) is 24.1 Å². The zero-order valence-corrected chi connectivity index (χ0v) is 17.7. The first-order valence-electron chi connectivity index (χ1n) is 10.8. The molecule has 1 amide bonds. The molecule has 30 heavy (non-hydrogen) atoms. The lowest BCUT2D eigenvalue weighted by molar-refractivity contribution is 0.0952. The van der Waals surface area contributed by atoms with Crippen LogP contribution >= 0.6 is 0 Å². The van der Waals surface area contributed by atoms with Crippen molar-refractivity contribution >= 4 is 16.9 Å². The predicted molar refractivity (Wildman–Crippen MR) is 115 cm³/mol.